The summed E-state index contributed by atoms with van der Waals surface area (Å²) >= 11 is 6.13. The summed E-state index contributed by atoms with van der Waals surface area (Å²) in [7, 11) is 0. The fraction of sp³-hybridized carbons (Fsp3) is 0.588. The summed E-state index contributed by atoms with van der Waals surface area (Å²) in [6.07, 6.45) is 2.05. The molecule has 0 bridgehead atoms. The van der Waals surface area contributed by atoms with E-state index in [1.54, 1.807) is 0 Å². The molecule has 0 saturated carbocycles. The van der Waals surface area contributed by atoms with E-state index in [-0.39, 0.29) is 18.2 Å². The van der Waals surface area contributed by atoms with E-state index < -0.39 is 0 Å². The van der Waals surface area contributed by atoms with Crippen LogP contribution in [0.3, 0.4) is 0 Å². The molecule has 2 rings (SSSR count). The highest BCUT2D eigenvalue weighted by Crippen LogP contribution is 2.29. The van der Waals surface area contributed by atoms with Gasteiger partial charge in [0.15, 0.2) is 0 Å². The molecule has 1 aromatic rings. The normalized spacial score (nSPS) is 18.0. The Hall–Kier alpha value is -1.10. The van der Waals surface area contributed by atoms with E-state index in [0.29, 0.717) is 31.1 Å². The summed E-state index contributed by atoms with van der Waals surface area (Å²) in [6.45, 7) is 5.68. The number of hydrogen-bond donors (Lipinski definition) is 0. The number of carbonyl (C=O) groups excluding carboxylic acids is 1. The molecular weight excluding hydrogens is 304 g/mol. The molecule has 22 heavy (non-hydrogen) atoms. The van der Waals surface area contributed by atoms with Gasteiger partial charge in [0.25, 0.3) is 0 Å². The predicted molar refractivity (Wildman–Crippen MR) is 85.1 cm³/mol. The number of halogens is 1. The van der Waals surface area contributed by atoms with Crippen molar-refractivity contribution in [3.8, 4) is 0 Å². The number of rotatable bonds is 9. The van der Waals surface area contributed by atoms with E-state index in [0.717, 1.165) is 24.2 Å². The lowest BCUT2D eigenvalue weighted by molar-refractivity contribution is -0.143. The van der Waals surface area contributed by atoms with Gasteiger partial charge in [-0.1, -0.05) is 24.6 Å². The van der Waals surface area contributed by atoms with Gasteiger partial charge in [0.05, 0.1) is 25.9 Å². The first-order chi connectivity index (χ1) is 10.6. The first kappa shape index (κ1) is 17.3. The standard InChI is InChI=1S/C17H23ClO4/c1-3-16(22-11-14-10-21-14)15-9-13(18)7-5-12(15)6-8-17(19)20-4-2/h5,7,9,14,16H,3-4,6,8,10-11H2,1-2H3/t14-,16-/m1/s1. The van der Waals surface area contributed by atoms with Crippen LogP contribution < -0.4 is 0 Å². The highest BCUT2D eigenvalue weighted by molar-refractivity contribution is 6.30. The van der Waals surface area contributed by atoms with Crippen LogP contribution in [0.4, 0.5) is 0 Å². The number of hydrogen-bond acceptors (Lipinski definition) is 4. The molecule has 5 heteroatoms. The van der Waals surface area contributed by atoms with Crippen LogP contribution in [0.5, 0.6) is 0 Å². The molecular formula is C17H23ClO4. The lowest BCUT2D eigenvalue weighted by Crippen LogP contribution is -2.12. The van der Waals surface area contributed by atoms with Crippen LogP contribution in [0.1, 0.15) is 43.9 Å². The lowest BCUT2D eigenvalue weighted by Gasteiger charge is -2.20. The number of benzene rings is 1. The molecule has 122 valence electrons. The first-order valence-electron chi connectivity index (χ1n) is 7.81. The fourth-order valence-corrected chi connectivity index (χ4v) is 2.56. The topological polar surface area (TPSA) is 48.1 Å². The molecule has 1 fully saturated rings. The second kappa shape index (κ2) is 8.51. The average molecular weight is 327 g/mol. The zero-order valence-electron chi connectivity index (χ0n) is 13.1. The molecule has 1 saturated heterocycles. The molecule has 1 aliphatic rings. The Balaban J connectivity index is 2.05. The number of aryl methyl sites for hydroxylation is 1. The monoisotopic (exact) mass is 326 g/mol. The van der Waals surface area contributed by atoms with Gasteiger partial charge in [0.2, 0.25) is 0 Å². The molecule has 1 aromatic carbocycles. The molecule has 0 spiro atoms. The van der Waals surface area contributed by atoms with Crippen molar-refractivity contribution in [3.63, 3.8) is 0 Å². The maximum atomic E-state index is 11.6. The molecule has 0 radical (unpaired) electrons. The Morgan fingerprint density at radius 2 is 2.23 bits per heavy atom. The molecule has 0 unspecified atom stereocenters. The van der Waals surface area contributed by atoms with Crippen molar-refractivity contribution >= 4 is 17.6 Å². The van der Waals surface area contributed by atoms with Crippen molar-refractivity contribution < 1.29 is 19.0 Å². The molecule has 4 nitrogen and oxygen atoms in total. The van der Waals surface area contributed by atoms with Gasteiger partial charge in [-0.2, -0.15) is 0 Å². The summed E-state index contributed by atoms with van der Waals surface area (Å²) < 4.78 is 16.1. The van der Waals surface area contributed by atoms with E-state index in [9.17, 15) is 4.79 Å². The minimum atomic E-state index is -0.177. The third kappa shape index (κ3) is 5.27. The SMILES string of the molecule is CCOC(=O)CCc1ccc(Cl)cc1[C@@H](CC)OC[C@H]1CO1. The maximum absolute atomic E-state index is 11.6. The van der Waals surface area contributed by atoms with Gasteiger partial charge < -0.3 is 14.2 Å². The smallest absolute Gasteiger partial charge is 0.306 e. The molecule has 2 atom stereocenters. The number of carbonyl (C=O) groups is 1. The number of esters is 1. The predicted octanol–water partition coefficient (Wildman–Crippen LogP) is 3.70. The van der Waals surface area contributed by atoms with E-state index in [1.165, 1.54) is 0 Å². The van der Waals surface area contributed by atoms with Crippen LogP contribution in [0, 0.1) is 0 Å². The van der Waals surface area contributed by atoms with Gasteiger partial charge in [-0.25, -0.2) is 0 Å². The minimum absolute atomic E-state index is 0.0277. The average Bonchev–Trinajstić information content (AvgIpc) is 3.31. The van der Waals surface area contributed by atoms with Gasteiger partial charge >= 0.3 is 5.97 Å². The Kier molecular flexibility index (Phi) is 6.68. The van der Waals surface area contributed by atoms with Crippen LogP contribution >= 0.6 is 11.6 Å². The fourth-order valence-electron chi connectivity index (χ4n) is 2.38. The van der Waals surface area contributed by atoms with E-state index in [4.69, 9.17) is 25.8 Å². The zero-order valence-corrected chi connectivity index (χ0v) is 13.9. The van der Waals surface area contributed by atoms with Crippen LogP contribution in [-0.4, -0.2) is 31.9 Å². The van der Waals surface area contributed by atoms with E-state index in [2.05, 4.69) is 6.92 Å². The van der Waals surface area contributed by atoms with Crippen LogP contribution in [-0.2, 0) is 25.4 Å². The van der Waals surface area contributed by atoms with Crippen molar-refractivity contribution in [2.45, 2.75) is 45.3 Å². The molecule has 0 aliphatic carbocycles. The van der Waals surface area contributed by atoms with Crippen LogP contribution in [0.2, 0.25) is 5.02 Å². The van der Waals surface area contributed by atoms with Gasteiger partial charge in [-0.15, -0.1) is 0 Å². The molecule has 0 aromatic heterocycles. The van der Waals surface area contributed by atoms with Crippen LogP contribution in [0.25, 0.3) is 0 Å². The summed E-state index contributed by atoms with van der Waals surface area (Å²) in [4.78, 5) is 11.6. The van der Waals surface area contributed by atoms with E-state index >= 15 is 0 Å². The summed E-state index contributed by atoms with van der Waals surface area (Å²) in [6, 6.07) is 5.75. The number of ether oxygens (including phenoxy) is 3. The summed E-state index contributed by atoms with van der Waals surface area (Å²) in [5, 5.41) is 0.680. The van der Waals surface area contributed by atoms with Crippen molar-refractivity contribution in [1.29, 1.82) is 0 Å². The first-order valence-corrected chi connectivity index (χ1v) is 8.19. The quantitative estimate of drug-likeness (QED) is 0.513. The van der Waals surface area contributed by atoms with Crippen molar-refractivity contribution in [2.24, 2.45) is 0 Å². The van der Waals surface area contributed by atoms with Crippen molar-refractivity contribution in [2.75, 3.05) is 19.8 Å². The maximum Gasteiger partial charge on any atom is 0.306 e. The van der Waals surface area contributed by atoms with Gasteiger partial charge in [-0.3, -0.25) is 4.79 Å². The van der Waals surface area contributed by atoms with Gasteiger partial charge in [0, 0.05) is 11.4 Å². The molecule has 0 N–H and O–H groups in total. The largest absolute Gasteiger partial charge is 0.466 e. The Labute approximate surface area is 136 Å². The van der Waals surface area contributed by atoms with Gasteiger partial charge in [-0.05, 0) is 43.0 Å². The number of epoxide rings is 1. The van der Waals surface area contributed by atoms with Crippen LogP contribution in [0.15, 0.2) is 18.2 Å². The Bertz CT molecular complexity index is 499. The third-order valence-electron chi connectivity index (χ3n) is 3.62. The highest BCUT2D eigenvalue weighted by atomic mass is 35.5. The van der Waals surface area contributed by atoms with Crippen molar-refractivity contribution in [1.82, 2.24) is 0 Å². The highest BCUT2D eigenvalue weighted by Gasteiger charge is 2.25. The molecule has 0 amide bonds. The summed E-state index contributed by atoms with van der Waals surface area (Å²) in [5.74, 6) is -0.177. The van der Waals surface area contributed by atoms with Crippen molar-refractivity contribution in [3.05, 3.63) is 34.3 Å². The summed E-state index contributed by atoms with van der Waals surface area (Å²) in [5.41, 5.74) is 2.14. The molecule has 1 heterocycles. The van der Waals surface area contributed by atoms with E-state index in [1.807, 2.05) is 25.1 Å². The second-order valence-corrected chi connectivity index (χ2v) is 5.77. The third-order valence-corrected chi connectivity index (χ3v) is 3.85. The lowest BCUT2D eigenvalue weighted by atomic mass is 9.97. The Morgan fingerprint density at radius 1 is 1.45 bits per heavy atom. The zero-order chi connectivity index (χ0) is 15.9. The minimum Gasteiger partial charge on any atom is -0.466 e. The second-order valence-electron chi connectivity index (χ2n) is 5.33. The van der Waals surface area contributed by atoms with Gasteiger partial charge in [0.1, 0.15) is 6.10 Å². The Morgan fingerprint density at radius 3 is 2.86 bits per heavy atom. The molecule has 1 aliphatic heterocycles.